The van der Waals surface area contributed by atoms with Crippen LogP contribution in [0.15, 0.2) is 0 Å². The molecule has 0 bridgehead atoms. The first-order valence-electron chi connectivity index (χ1n) is 3.55. The molecule has 0 radical (unpaired) electrons. The normalized spacial score (nSPS) is 34.8. The van der Waals surface area contributed by atoms with Gasteiger partial charge in [-0.3, -0.25) is 0 Å². The molecule has 3 N–H and O–H groups in total. The zero-order valence-electron chi connectivity index (χ0n) is 6.55. The Morgan fingerprint density at radius 3 is 2.40 bits per heavy atom. The first-order chi connectivity index (χ1) is 4.46. The lowest BCUT2D eigenvalue weighted by molar-refractivity contribution is 0.00381. The van der Waals surface area contributed by atoms with Crippen molar-refractivity contribution >= 4 is 11.8 Å². The Morgan fingerprint density at radius 1 is 1.60 bits per heavy atom. The van der Waals surface area contributed by atoms with Crippen LogP contribution in [0.1, 0.15) is 20.3 Å². The van der Waals surface area contributed by atoms with Crippen LogP contribution in [-0.2, 0) is 0 Å². The van der Waals surface area contributed by atoms with E-state index in [1.807, 2.05) is 13.8 Å². The molecule has 0 aromatic carbocycles. The highest BCUT2D eigenvalue weighted by Crippen LogP contribution is 2.34. The lowest BCUT2D eigenvalue weighted by Gasteiger charge is -2.35. The molecule has 1 saturated heterocycles. The Balaban J connectivity index is 2.67. The summed E-state index contributed by atoms with van der Waals surface area (Å²) >= 11 is 1.78. The van der Waals surface area contributed by atoms with E-state index in [-0.39, 0.29) is 0 Å². The van der Waals surface area contributed by atoms with E-state index in [0.29, 0.717) is 0 Å². The van der Waals surface area contributed by atoms with Gasteiger partial charge in [0.1, 0.15) is 0 Å². The summed E-state index contributed by atoms with van der Waals surface area (Å²) in [6.45, 7) is 3.78. The Labute approximate surface area is 66.2 Å². The third-order valence-electron chi connectivity index (χ3n) is 2.20. The maximum Gasteiger partial charge on any atom is 0.0918 e. The number of thioether (sulfide) groups is 1. The highest BCUT2D eigenvalue weighted by molar-refractivity contribution is 7.99. The smallest absolute Gasteiger partial charge is 0.0918 e. The van der Waals surface area contributed by atoms with Gasteiger partial charge in [0, 0.05) is 11.3 Å². The van der Waals surface area contributed by atoms with Crippen LogP contribution >= 0.6 is 11.8 Å². The van der Waals surface area contributed by atoms with E-state index >= 15 is 0 Å². The van der Waals surface area contributed by atoms with E-state index in [1.54, 1.807) is 11.8 Å². The fraction of sp³-hybridized carbons (Fsp3) is 1.00. The van der Waals surface area contributed by atoms with Crippen LogP contribution in [0.4, 0.5) is 0 Å². The fourth-order valence-electron chi connectivity index (χ4n) is 1.06. The SMILES string of the molecule is CC(C)(N)C1(O)CCSC1. The second-order valence-electron chi connectivity index (χ2n) is 3.56. The van der Waals surface area contributed by atoms with Crippen LogP contribution in [0.3, 0.4) is 0 Å². The maximum atomic E-state index is 9.88. The van der Waals surface area contributed by atoms with Crippen molar-refractivity contribution in [2.45, 2.75) is 31.4 Å². The lowest BCUT2D eigenvalue weighted by atomic mass is 9.83. The summed E-state index contributed by atoms with van der Waals surface area (Å²) in [5, 5.41) is 9.88. The van der Waals surface area contributed by atoms with Crippen molar-refractivity contribution in [3.63, 3.8) is 0 Å². The van der Waals surface area contributed by atoms with Gasteiger partial charge in [-0.25, -0.2) is 0 Å². The van der Waals surface area contributed by atoms with Gasteiger partial charge in [0.2, 0.25) is 0 Å². The maximum absolute atomic E-state index is 9.88. The van der Waals surface area contributed by atoms with Crippen LogP contribution in [0, 0.1) is 0 Å². The molecule has 1 unspecified atom stereocenters. The molecule has 3 heteroatoms. The summed E-state index contributed by atoms with van der Waals surface area (Å²) in [4.78, 5) is 0. The summed E-state index contributed by atoms with van der Waals surface area (Å²) in [5.41, 5.74) is 4.74. The van der Waals surface area contributed by atoms with Crippen molar-refractivity contribution in [1.29, 1.82) is 0 Å². The number of rotatable bonds is 1. The van der Waals surface area contributed by atoms with Crippen LogP contribution < -0.4 is 5.73 Å². The Morgan fingerprint density at radius 2 is 2.20 bits per heavy atom. The van der Waals surface area contributed by atoms with Crippen molar-refractivity contribution in [2.75, 3.05) is 11.5 Å². The van der Waals surface area contributed by atoms with Gasteiger partial charge >= 0.3 is 0 Å². The molecule has 1 heterocycles. The molecule has 0 saturated carbocycles. The molecular weight excluding hydrogens is 146 g/mol. The predicted molar refractivity (Wildman–Crippen MR) is 45.2 cm³/mol. The van der Waals surface area contributed by atoms with Crippen molar-refractivity contribution < 1.29 is 5.11 Å². The van der Waals surface area contributed by atoms with E-state index in [1.165, 1.54) is 0 Å². The third kappa shape index (κ3) is 1.31. The van der Waals surface area contributed by atoms with Crippen molar-refractivity contribution in [3.8, 4) is 0 Å². The van der Waals surface area contributed by atoms with Crippen LogP contribution in [0.25, 0.3) is 0 Å². The number of aliphatic hydroxyl groups is 1. The predicted octanol–water partition coefficient (Wildman–Crippen LogP) is 0.592. The summed E-state index contributed by atoms with van der Waals surface area (Å²) in [7, 11) is 0. The highest BCUT2D eigenvalue weighted by Gasteiger charge is 2.43. The lowest BCUT2D eigenvalue weighted by Crippen LogP contribution is -2.56. The number of hydrogen-bond donors (Lipinski definition) is 2. The highest BCUT2D eigenvalue weighted by atomic mass is 32.2. The Hall–Kier alpha value is 0.270. The molecule has 60 valence electrons. The van der Waals surface area contributed by atoms with Crippen molar-refractivity contribution in [3.05, 3.63) is 0 Å². The summed E-state index contributed by atoms with van der Waals surface area (Å²) in [6, 6.07) is 0. The zero-order valence-corrected chi connectivity index (χ0v) is 7.37. The zero-order chi connectivity index (χ0) is 7.83. The topological polar surface area (TPSA) is 46.2 Å². The van der Waals surface area contributed by atoms with Crippen LogP contribution in [0.2, 0.25) is 0 Å². The van der Waals surface area contributed by atoms with Crippen LogP contribution in [-0.4, -0.2) is 27.8 Å². The molecule has 1 aliphatic heterocycles. The number of hydrogen-bond acceptors (Lipinski definition) is 3. The average Bonchev–Trinajstić information content (AvgIpc) is 2.13. The van der Waals surface area contributed by atoms with Gasteiger partial charge in [-0.1, -0.05) is 0 Å². The minimum atomic E-state index is -0.627. The minimum Gasteiger partial charge on any atom is -0.387 e. The van der Waals surface area contributed by atoms with Gasteiger partial charge in [-0.05, 0) is 26.0 Å². The molecule has 0 amide bonds. The standard InChI is InChI=1S/C7H15NOS/c1-6(2,8)7(9)3-4-10-5-7/h9H,3-5,8H2,1-2H3. The van der Waals surface area contributed by atoms with E-state index in [4.69, 9.17) is 5.73 Å². The largest absolute Gasteiger partial charge is 0.387 e. The average molecular weight is 161 g/mol. The molecule has 2 nitrogen and oxygen atoms in total. The van der Waals surface area contributed by atoms with Gasteiger partial charge in [-0.15, -0.1) is 0 Å². The van der Waals surface area contributed by atoms with E-state index in [0.717, 1.165) is 17.9 Å². The molecule has 0 aromatic rings. The first kappa shape index (κ1) is 8.37. The van der Waals surface area contributed by atoms with Gasteiger partial charge in [0.15, 0.2) is 0 Å². The summed E-state index contributed by atoms with van der Waals surface area (Å²) in [6.07, 6.45) is 0.834. The van der Waals surface area contributed by atoms with Gasteiger partial charge in [0.25, 0.3) is 0 Å². The molecular formula is C7H15NOS. The fourth-order valence-corrected chi connectivity index (χ4v) is 2.54. The van der Waals surface area contributed by atoms with E-state index in [9.17, 15) is 5.11 Å². The summed E-state index contributed by atoms with van der Waals surface area (Å²) in [5.74, 6) is 1.83. The van der Waals surface area contributed by atoms with Crippen LogP contribution in [0.5, 0.6) is 0 Å². The quantitative estimate of drug-likeness (QED) is 0.592. The molecule has 10 heavy (non-hydrogen) atoms. The molecule has 1 rings (SSSR count). The van der Waals surface area contributed by atoms with E-state index < -0.39 is 11.1 Å². The van der Waals surface area contributed by atoms with Crippen molar-refractivity contribution in [1.82, 2.24) is 0 Å². The second-order valence-corrected chi connectivity index (χ2v) is 4.66. The molecule has 1 aliphatic rings. The Bertz CT molecular complexity index is 124. The minimum absolute atomic E-state index is 0.448. The van der Waals surface area contributed by atoms with E-state index in [2.05, 4.69) is 0 Å². The Kier molecular flexibility index (Phi) is 2.00. The monoisotopic (exact) mass is 161 g/mol. The molecule has 1 fully saturated rings. The molecule has 0 aromatic heterocycles. The number of nitrogens with two attached hydrogens (primary N) is 1. The van der Waals surface area contributed by atoms with Gasteiger partial charge in [0.05, 0.1) is 5.60 Å². The van der Waals surface area contributed by atoms with Gasteiger partial charge < -0.3 is 10.8 Å². The molecule has 0 spiro atoms. The first-order valence-corrected chi connectivity index (χ1v) is 4.70. The summed E-state index contributed by atoms with van der Waals surface area (Å²) < 4.78 is 0. The molecule has 1 atom stereocenters. The third-order valence-corrected chi connectivity index (χ3v) is 3.37. The second kappa shape index (κ2) is 2.40. The van der Waals surface area contributed by atoms with Gasteiger partial charge in [-0.2, -0.15) is 11.8 Å². The molecule has 0 aliphatic carbocycles. The van der Waals surface area contributed by atoms with Crippen molar-refractivity contribution in [2.24, 2.45) is 5.73 Å².